The first-order chi connectivity index (χ1) is 7.47. The Morgan fingerprint density at radius 1 is 1.25 bits per heavy atom. The molecule has 0 spiro atoms. The maximum Gasteiger partial charge on any atom is 0.336 e. The van der Waals surface area contributed by atoms with Crippen LogP contribution in [-0.4, -0.2) is 28.7 Å². The number of benzene rings is 1. The third-order valence-electron chi connectivity index (χ3n) is 2.18. The van der Waals surface area contributed by atoms with Gasteiger partial charge in [0.05, 0.1) is 11.1 Å². The molecule has 0 aliphatic rings. The Balaban J connectivity index is 3.32. The molecular weight excluding hydrogens is 212 g/mol. The molecule has 6 N–H and O–H groups in total. The van der Waals surface area contributed by atoms with Crippen LogP contribution in [0, 0.1) is 0 Å². The molecule has 0 saturated carbocycles. The quantitative estimate of drug-likeness (QED) is 0.572. The number of carboxylic acids is 2. The molecule has 0 saturated heterocycles. The van der Waals surface area contributed by atoms with E-state index in [1.54, 1.807) is 0 Å². The largest absolute Gasteiger partial charge is 0.478 e. The van der Waals surface area contributed by atoms with Gasteiger partial charge in [-0.25, -0.2) is 9.59 Å². The molecular formula is C10H12N2O4. The van der Waals surface area contributed by atoms with Crippen LogP contribution in [0.1, 0.15) is 32.3 Å². The summed E-state index contributed by atoms with van der Waals surface area (Å²) < 4.78 is 0. The van der Waals surface area contributed by atoms with Gasteiger partial charge in [-0.3, -0.25) is 0 Å². The van der Waals surface area contributed by atoms with Crippen molar-refractivity contribution in [3.05, 3.63) is 34.9 Å². The predicted molar refractivity (Wildman–Crippen MR) is 56.3 cm³/mol. The minimum Gasteiger partial charge on any atom is -0.478 e. The zero-order valence-electron chi connectivity index (χ0n) is 8.38. The Morgan fingerprint density at radius 2 is 1.88 bits per heavy atom. The Labute approximate surface area is 91.5 Å². The van der Waals surface area contributed by atoms with Crippen molar-refractivity contribution in [3.8, 4) is 0 Å². The van der Waals surface area contributed by atoms with Crippen molar-refractivity contribution in [2.45, 2.75) is 6.04 Å². The second-order valence-corrected chi connectivity index (χ2v) is 3.25. The van der Waals surface area contributed by atoms with Crippen molar-refractivity contribution in [1.82, 2.24) is 0 Å². The Kier molecular flexibility index (Phi) is 3.60. The zero-order valence-corrected chi connectivity index (χ0v) is 8.38. The van der Waals surface area contributed by atoms with E-state index in [0.717, 1.165) is 0 Å². The lowest BCUT2D eigenvalue weighted by Crippen LogP contribution is -2.23. The van der Waals surface area contributed by atoms with Crippen LogP contribution in [0.5, 0.6) is 0 Å². The van der Waals surface area contributed by atoms with Crippen molar-refractivity contribution >= 4 is 11.9 Å². The van der Waals surface area contributed by atoms with E-state index in [0.29, 0.717) is 0 Å². The van der Waals surface area contributed by atoms with E-state index < -0.39 is 18.0 Å². The first-order valence-corrected chi connectivity index (χ1v) is 4.53. The van der Waals surface area contributed by atoms with Gasteiger partial charge in [0.25, 0.3) is 0 Å². The Hall–Kier alpha value is -1.92. The summed E-state index contributed by atoms with van der Waals surface area (Å²) in [6.45, 7) is 0.0450. The SMILES string of the molecule is NCC(N)c1cc(C(=O)O)ccc1C(=O)O. The first-order valence-electron chi connectivity index (χ1n) is 4.53. The summed E-state index contributed by atoms with van der Waals surface area (Å²) in [5, 5.41) is 17.7. The minimum absolute atomic E-state index is 0.0103. The number of hydrogen-bond acceptors (Lipinski definition) is 4. The molecule has 1 aromatic rings. The molecule has 86 valence electrons. The van der Waals surface area contributed by atoms with E-state index in [9.17, 15) is 9.59 Å². The second-order valence-electron chi connectivity index (χ2n) is 3.25. The normalized spacial score (nSPS) is 12.1. The number of carboxylic acid groups (broad SMARTS) is 2. The van der Waals surface area contributed by atoms with Gasteiger partial charge in [0, 0.05) is 12.6 Å². The molecule has 0 radical (unpaired) electrons. The van der Waals surface area contributed by atoms with Crippen LogP contribution in [0.15, 0.2) is 18.2 Å². The number of carbonyl (C=O) groups is 2. The van der Waals surface area contributed by atoms with Crippen molar-refractivity contribution in [3.63, 3.8) is 0 Å². The van der Waals surface area contributed by atoms with E-state index >= 15 is 0 Å². The van der Waals surface area contributed by atoms with Gasteiger partial charge in [-0.15, -0.1) is 0 Å². The molecule has 1 aromatic carbocycles. The molecule has 0 amide bonds. The molecule has 0 aliphatic heterocycles. The third-order valence-corrected chi connectivity index (χ3v) is 2.18. The molecule has 1 rings (SSSR count). The monoisotopic (exact) mass is 224 g/mol. The lowest BCUT2D eigenvalue weighted by atomic mass is 9.98. The summed E-state index contributed by atoms with van der Waals surface area (Å²) in [6, 6.07) is 2.99. The van der Waals surface area contributed by atoms with Crippen LogP contribution < -0.4 is 11.5 Å². The summed E-state index contributed by atoms with van der Waals surface area (Å²) in [5.74, 6) is -2.29. The number of rotatable bonds is 4. The molecule has 0 aromatic heterocycles. The smallest absolute Gasteiger partial charge is 0.336 e. The maximum absolute atomic E-state index is 10.9. The highest BCUT2D eigenvalue weighted by Gasteiger charge is 2.17. The summed E-state index contributed by atoms with van der Waals surface area (Å²) in [5.41, 5.74) is 11.2. The third kappa shape index (κ3) is 2.36. The molecule has 1 atom stereocenters. The second kappa shape index (κ2) is 4.73. The van der Waals surface area contributed by atoms with Crippen molar-refractivity contribution in [2.75, 3.05) is 6.54 Å². The molecule has 0 heterocycles. The summed E-state index contributed by atoms with van der Waals surface area (Å²) in [7, 11) is 0. The average Bonchev–Trinajstić information content (AvgIpc) is 2.26. The topological polar surface area (TPSA) is 127 Å². The van der Waals surface area contributed by atoms with Crippen molar-refractivity contribution < 1.29 is 19.8 Å². The molecule has 0 bridgehead atoms. The molecule has 0 fully saturated rings. The number of aromatic carboxylic acids is 2. The highest BCUT2D eigenvalue weighted by Crippen LogP contribution is 2.18. The molecule has 0 aliphatic carbocycles. The van der Waals surface area contributed by atoms with Crippen LogP contribution in [0.2, 0.25) is 0 Å². The van der Waals surface area contributed by atoms with Gasteiger partial charge < -0.3 is 21.7 Å². The first kappa shape index (κ1) is 12.2. The van der Waals surface area contributed by atoms with E-state index in [2.05, 4.69) is 0 Å². The minimum atomic E-state index is -1.16. The zero-order chi connectivity index (χ0) is 12.3. The average molecular weight is 224 g/mol. The standard InChI is InChI=1S/C10H12N2O4/c11-4-8(12)7-3-5(9(13)14)1-2-6(7)10(15)16/h1-3,8H,4,11-12H2,(H,13,14)(H,15,16). The molecule has 6 nitrogen and oxygen atoms in total. The lowest BCUT2D eigenvalue weighted by molar-refractivity contribution is 0.0679. The molecule has 16 heavy (non-hydrogen) atoms. The van der Waals surface area contributed by atoms with Gasteiger partial charge in [-0.1, -0.05) is 0 Å². The highest BCUT2D eigenvalue weighted by molar-refractivity contribution is 5.93. The van der Waals surface area contributed by atoms with E-state index in [1.165, 1.54) is 18.2 Å². The highest BCUT2D eigenvalue weighted by atomic mass is 16.4. The van der Waals surface area contributed by atoms with Crippen molar-refractivity contribution in [2.24, 2.45) is 11.5 Å². The lowest BCUT2D eigenvalue weighted by Gasteiger charge is -2.13. The number of hydrogen-bond donors (Lipinski definition) is 4. The summed E-state index contributed by atoms with van der Waals surface area (Å²) >= 11 is 0. The summed E-state index contributed by atoms with van der Waals surface area (Å²) in [4.78, 5) is 21.6. The van der Waals surface area contributed by atoms with Crippen LogP contribution in [0.25, 0.3) is 0 Å². The van der Waals surface area contributed by atoms with Crippen LogP contribution in [-0.2, 0) is 0 Å². The van der Waals surface area contributed by atoms with Gasteiger partial charge in [0.2, 0.25) is 0 Å². The van der Waals surface area contributed by atoms with Crippen LogP contribution in [0.3, 0.4) is 0 Å². The van der Waals surface area contributed by atoms with E-state index in [-0.39, 0.29) is 23.2 Å². The van der Waals surface area contributed by atoms with Gasteiger partial charge in [-0.2, -0.15) is 0 Å². The predicted octanol–water partition coefficient (Wildman–Crippen LogP) is 0.0415. The summed E-state index contributed by atoms with van der Waals surface area (Å²) in [6.07, 6.45) is 0. The van der Waals surface area contributed by atoms with Gasteiger partial charge >= 0.3 is 11.9 Å². The Bertz CT molecular complexity index is 431. The van der Waals surface area contributed by atoms with Gasteiger partial charge in [0.1, 0.15) is 0 Å². The van der Waals surface area contributed by atoms with Crippen LogP contribution >= 0.6 is 0 Å². The van der Waals surface area contributed by atoms with Gasteiger partial charge in [-0.05, 0) is 23.8 Å². The fourth-order valence-electron chi connectivity index (χ4n) is 1.32. The molecule has 1 unspecified atom stereocenters. The van der Waals surface area contributed by atoms with E-state index in [4.69, 9.17) is 21.7 Å². The number of nitrogens with two attached hydrogens (primary N) is 2. The fourth-order valence-corrected chi connectivity index (χ4v) is 1.32. The Morgan fingerprint density at radius 3 is 2.31 bits per heavy atom. The molecule has 6 heteroatoms. The van der Waals surface area contributed by atoms with Crippen molar-refractivity contribution in [1.29, 1.82) is 0 Å². The fraction of sp³-hybridized carbons (Fsp3) is 0.200. The maximum atomic E-state index is 10.9. The van der Waals surface area contributed by atoms with Crippen LogP contribution in [0.4, 0.5) is 0 Å². The van der Waals surface area contributed by atoms with Gasteiger partial charge in [0.15, 0.2) is 0 Å². The van der Waals surface area contributed by atoms with E-state index in [1.807, 2.05) is 0 Å².